The average Bonchev–Trinajstić information content (AvgIpc) is 2.66. The van der Waals surface area contributed by atoms with Gasteiger partial charge in [-0.25, -0.2) is 8.42 Å². The first-order valence-electron chi connectivity index (χ1n) is 4.78. The van der Waals surface area contributed by atoms with Crippen LogP contribution in [0.2, 0.25) is 5.15 Å². The van der Waals surface area contributed by atoms with Crippen LogP contribution in [0.15, 0.2) is 17.2 Å². The first-order chi connectivity index (χ1) is 8.84. The van der Waals surface area contributed by atoms with Crippen LogP contribution in [-0.4, -0.2) is 28.4 Å². The van der Waals surface area contributed by atoms with E-state index in [4.69, 9.17) is 27.5 Å². The van der Waals surface area contributed by atoms with Gasteiger partial charge in [-0.3, -0.25) is 0 Å². The highest BCUT2D eigenvalue weighted by molar-refractivity contribution is 8.13. The summed E-state index contributed by atoms with van der Waals surface area (Å²) in [5, 5.41) is 19.9. The van der Waals surface area contributed by atoms with E-state index in [-0.39, 0.29) is 22.2 Å². The second-order valence-electron chi connectivity index (χ2n) is 3.44. The predicted molar refractivity (Wildman–Crippen MR) is 66.7 cm³/mol. The molecule has 0 aliphatic heterocycles. The van der Waals surface area contributed by atoms with Crippen molar-refractivity contribution >= 4 is 31.3 Å². The molecule has 2 rings (SSSR count). The number of hydrogen-bond donors (Lipinski definition) is 0. The van der Waals surface area contributed by atoms with E-state index in [1.807, 2.05) is 0 Å². The summed E-state index contributed by atoms with van der Waals surface area (Å²) in [5.74, 6) is 0.0909. The Kier molecular flexibility index (Phi) is 3.45. The third-order valence-corrected chi connectivity index (χ3v) is 3.67. The van der Waals surface area contributed by atoms with Gasteiger partial charge < -0.3 is 0 Å². The minimum atomic E-state index is -4.16. The van der Waals surface area contributed by atoms with E-state index >= 15 is 0 Å². The van der Waals surface area contributed by atoms with Gasteiger partial charge in [0.1, 0.15) is 11.6 Å². The molecular weight excluding hydrogens is 313 g/mol. The summed E-state index contributed by atoms with van der Waals surface area (Å²) in [7, 11) is 1.16. The van der Waals surface area contributed by atoms with Gasteiger partial charge in [-0.15, -0.1) is 10.2 Å². The minimum Gasteiger partial charge on any atom is -0.205 e. The number of aromatic nitrogens is 4. The van der Waals surface area contributed by atoms with Gasteiger partial charge in [0.15, 0.2) is 16.0 Å². The molecule has 0 saturated carbocycles. The maximum absolute atomic E-state index is 11.6. The molecule has 2 aromatic rings. The third kappa shape index (κ3) is 2.53. The molecule has 0 radical (unpaired) electrons. The van der Waals surface area contributed by atoms with E-state index in [2.05, 4.69) is 15.3 Å². The van der Waals surface area contributed by atoms with Gasteiger partial charge in [-0.05, 0) is 19.1 Å². The topological polar surface area (TPSA) is 102 Å². The van der Waals surface area contributed by atoms with E-state index in [1.54, 1.807) is 6.07 Å². The molecule has 0 aliphatic carbocycles. The lowest BCUT2D eigenvalue weighted by Gasteiger charge is -2.02. The van der Waals surface area contributed by atoms with Crippen LogP contribution in [0.1, 0.15) is 11.3 Å². The number of halogens is 2. The zero-order chi connectivity index (χ0) is 14.2. The van der Waals surface area contributed by atoms with Crippen molar-refractivity contribution in [1.82, 2.24) is 20.0 Å². The normalized spacial score (nSPS) is 11.3. The molecule has 0 unspecified atom stereocenters. The second-order valence-corrected chi connectivity index (χ2v) is 6.31. The summed E-state index contributed by atoms with van der Waals surface area (Å²) in [6.45, 7) is 1.49. The molecule has 0 saturated heterocycles. The van der Waals surface area contributed by atoms with Crippen molar-refractivity contribution in [2.24, 2.45) is 0 Å². The van der Waals surface area contributed by atoms with Crippen molar-refractivity contribution in [2.45, 2.75) is 11.9 Å². The predicted octanol–water partition coefficient (Wildman–Crippen LogP) is 1.42. The number of aryl methyl sites for hydroxylation is 1. The molecule has 0 aromatic carbocycles. The fourth-order valence-corrected chi connectivity index (χ4v) is 2.74. The van der Waals surface area contributed by atoms with Gasteiger partial charge in [0.2, 0.25) is 0 Å². The van der Waals surface area contributed by atoms with Crippen LogP contribution < -0.4 is 0 Å². The van der Waals surface area contributed by atoms with Gasteiger partial charge in [0.05, 0.1) is 5.69 Å². The Balaban J connectivity index is 2.79. The zero-order valence-electron chi connectivity index (χ0n) is 9.37. The Bertz CT molecular complexity index is 776. The van der Waals surface area contributed by atoms with Crippen molar-refractivity contribution in [3.05, 3.63) is 28.5 Å². The molecule has 10 heteroatoms. The SMILES string of the molecule is Cc1nn(-c2ccc(Cl)nn2)c(S(=O)(=O)Cl)c1C#N. The van der Waals surface area contributed by atoms with E-state index in [0.29, 0.717) is 0 Å². The molecule has 19 heavy (non-hydrogen) atoms. The van der Waals surface area contributed by atoms with Gasteiger partial charge >= 0.3 is 0 Å². The summed E-state index contributed by atoms with van der Waals surface area (Å²) >= 11 is 5.59. The molecule has 0 atom stereocenters. The Labute approximate surface area is 117 Å². The molecule has 98 valence electrons. The van der Waals surface area contributed by atoms with E-state index in [9.17, 15) is 8.42 Å². The largest absolute Gasteiger partial charge is 0.280 e. The van der Waals surface area contributed by atoms with Crippen molar-refractivity contribution < 1.29 is 8.42 Å². The van der Waals surface area contributed by atoms with Gasteiger partial charge in [-0.2, -0.15) is 15.0 Å². The molecule has 2 heterocycles. The summed E-state index contributed by atoms with van der Waals surface area (Å²) in [5.41, 5.74) is 0.0882. The lowest BCUT2D eigenvalue weighted by atomic mass is 10.3. The van der Waals surface area contributed by atoms with Crippen LogP contribution in [0.25, 0.3) is 5.82 Å². The molecule has 0 aliphatic rings. The smallest absolute Gasteiger partial charge is 0.205 e. The highest BCUT2D eigenvalue weighted by atomic mass is 35.7. The Morgan fingerprint density at radius 3 is 2.53 bits per heavy atom. The van der Waals surface area contributed by atoms with Crippen LogP contribution in [0.5, 0.6) is 0 Å². The molecule has 0 bridgehead atoms. The standard InChI is InChI=1S/C9H5Cl2N5O2S/c1-5-6(4-12)9(19(11,17)18)16(15-5)8-3-2-7(10)13-14-8/h2-3H,1H3. The van der Waals surface area contributed by atoms with Crippen molar-refractivity contribution in [1.29, 1.82) is 5.26 Å². The highest BCUT2D eigenvalue weighted by Gasteiger charge is 2.27. The van der Waals surface area contributed by atoms with Gasteiger partial charge in [0, 0.05) is 10.7 Å². The zero-order valence-corrected chi connectivity index (χ0v) is 11.7. The van der Waals surface area contributed by atoms with Crippen LogP contribution in [0, 0.1) is 18.3 Å². The molecule has 7 nitrogen and oxygen atoms in total. The molecular formula is C9H5Cl2N5O2S. The quantitative estimate of drug-likeness (QED) is 0.776. The lowest BCUT2D eigenvalue weighted by molar-refractivity contribution is 0.597. The fraction of sp³-hybridized carbons (Fsp3) is 0.111. The molecule has 2 aromatic heterocycles. The fourth-order valence-electron chi connectivity index (χ4n) is 1.44. The van der Waals surface area contributed by atoms with Crippen LogP contribution >= 0.6 is 22.3 Å². The summed E-state index contributed by atoms with van der Waals surface area (Å²) in [4.78, 5) is 0. The first kappa shape index (κ1) is 13.7. The van der Waals surface area contributed by atoms with E-state index in [0.717, 1.165) is 4.68 Å². The van der Waals surface area contributed by atoms with Gasteiger partial charge in [-0.1, -0.05) is 11.6 Å². The van der Waals surface area contributed by atoms with E-state index < -0.39 is 14.1 Å². The second kappa shape index (κ2) is 4.77. The molecule has 0 fully saturated rings. The van der Waals surface area contributed by atoms with Crippen molar-refractivity contribution in [2.75, 3.05) is 0 Å². The van der Waals surface area contributed by atoms with Crippen molar-refractivity contribution in [3.8, 4) is 11.9 Å². The maximum Gasteiger partial charge on any atom is 0.280 e. The number of nitrogens with zero attached hydrogens (tertiary/aromatic N) is 5. The number of nitriles is 1. The maximum atomic E-state index is 11.6. The lowest BCUT2D eigenvalue weighted by Crippen LogP contribution is -2.08. The minimum absolute atomic E-state index is 0.0909. The summed E-state index contributed by atoms with van der Waals surface area (Å²) in [6, 6.07) is 4.58. The number of hydrogen-bond acceptors (Lipinski definition) is 6. The third-order valence-electron chi connectivity index (χ3n) is 2.20. The van der Waals surface area contributed by atoms with Crippen LogP contribution in [0.3, 0.4) is 0 Å². The monoisotopic (exact) mass is 317 g/mol. The van der Waals surface area contributed by atoms with Crippen LogP contribution in [0.4, 0.5) is 0 Å². The van der Waals surface area contributed by atoms with Gasteiger partial charge in [0.25, 0.3) is 9.05 Å². The average molecular weight is 318 g/mol. The summed E-state index contributed by atoms with van der Waals surface area (Å²) < 4.78 is 24.1. The molecule has 0 N–H and O–H groups in total. The number of rotatable bonds is 2. The van der Waals surface area contributed by atoms with Crippen molar-refractivity contribution in [3.63, 3.8) is 0 Å². The Hall–Kier alpha value is -1.69. The first-order valence-corrected chi connectivity index (χ1v) is 7.47. The van der Waals surface area contributed by atoms with E-state index in [1.165, 1.54) is 19.1 Å². The Morgan fingerprint density at radius 1 is 1.37 bits per heavy atom. The molecule has 0 spiro atoms. The summed E-state index contributed by atoms with van der Waals surface area (Å²) in [6.07, 6.45) is 0. The molecule has 0 amide bonds. The van der Waals surface area contributed by atoms with Crippen LogP contribution in [-0.2, 0) is 9.05 Å². The Morgan fingerprint density at radius 2 is 2.05 bits per heavy atom. The highest BCUT2D eigenvalue weighted by Crippen LogP contribution is 2.24.